The van der Waals surface area contributed by atoms with Gasteiger partial charge in [0.15, 0.2) is 0 Å². The second-order valence-corrected chi connectivity index (χ2v) is 4.31. The highest BCUT2D eigenvalue weighted by molar-refractivity contribution is 7.99. The third-order valence-electron chi connectivity index (χ3n) is 2.10. The van der Waals surface area contributed by atoms with Crippen LogP contribution in [0.25, 0.3) is 0 Å². The molecule has 0 spiro atoms. The molecule has 1 rings (SSSR count). The van der Waals surface area contributed by atoms with Crippen LogP contribution in [0.15, 0.2) is 0 Å². The molecule has 1 atom stereocenters. The quantitative estimate of drug-likeness (QED) is 0.545. The van der Waals surface area contributed by atoms with E-state index in [1.165, 1.54) is 5.75 Å². The summed E-state index contributed by atoms with van der Waals surface area (Å²) in [6.45, 7) is 0.622. The molecule has 1 unspecified atom stereocenters. The van der Waals surface area contributed by atoms with E-state index in [1.807, 2.05) is 11.8 Å². The molecule has 1 aliphatic heterocycles. The van der Waals surface area contributed by atoms with Gasteiger partial charge in [0.1, 0.15) is 0 Å². The van der Waals surface area contributed by atoms with Gasteiger partial charge in [-0.05, 0) is 18.6 Å². The minimum absolute atomic E-state index is 0.183. The molecule has 0 aromatic carbocycles. The molecule has 0 aromatic heterocycles. The Bertz CT molecular complexity index is 203. The van der Waals surface area contributed by atoms with Gasteiger partial charge in [-0.1, -0.05) is 0 Å². The van der Waals surface area contributed by atoms with Crippen molar-refractivity contribution in [3.05, 3.63) is 0 Å². The number of rotatable bonds is 3. The predicted molar refractivity (Wildman–Crippen MR) is 56.5 cm³/mol. The Morgan fingerprint density at radius 3 is 3.15 bits per heavy atom. The highest BCUT2D eigenvalue weighted by Crippen LogP contribution is 2.22. The van der Waals surface area contributed by atoms with Crippen molar-refractivity contribution in [1.82, 2.24) is 5.32 Å². The normalized spacial score (nSPS) is 21.9. The topological polar surface area (TPSA) is 29.1 Å². The molecular formula is C10H15NOS. The summed E-state index contributed by atoms with van der Waals surface area (Å²) >= 11 is 1.87. The Kier molecular flexibility index (Phi) is 4.77. The van der Waals surface area contributed by atoms with E-state index in [9.17, 15) is 4.79 Å². The molecule has 0 radical (unpaired) electrons. The van der Waals surface area contributed by atoms with Gasteiger partial charge in [-0.15, -0.1) is 12.3 Å². The molecule has 72 valence electrons. The van der Waals surface area contributed by atoms with Gasteiger partial charge in [-0.25, -0.2) is 0 Å². The second-order valence-electron chi connectivity index (χ2n) is 3.16. The first-order valence-corrected chi connectivity index (χ1v) is 5.79. The number of carbonyl (C=O) groups excluding carboxylic acids is 1. The van der Waals surface area contributed by atoms with Crippen molar-refractivity contribution in [2.45, 2.75) is 19.3 Å². The third-order valence-corrected chi connectivity index (χ3v) is 3.32. The van der Waals surface area contributed by atoms with Gasteiger partial charge in [0.05, 0.1) is 0 Å². The molecule has 1 saturated heterocycles. The summed E-state index contributed by atoms with van der Waals surface area (Å²) in [7, 11) is 0. The lowest BCUT2D eigenvalue weighted by Gasteiger charge is -2.20. The zero-order valence-electron chi connectivity index (χ0n) is 7.71. The van der Waals surface area contributed by atoms with Crippen molar-refractivity contribution < 1.29 is 4.79 Å². The molecule has 0 bridgehead atoms. The number of terminal acetylenes is 1. The van der Waals surface area contributed by atoms with Crippen LogP contribution in [0.2, 0.25) is 0 Å². The Labute approximate surface area is 83.9 Å². The maximum atomic E-state index is 11.5. The van der Waals surface area contributed by atoms with Crippen LogP contribution in [-0.2, 0) is 4.79 Å². The molecule has 0 saturated carbocycles. The fourth-order valence-corrected chi connectivity index (χ4v) is 2.49. The van der Waals surface area contributed by atoms with Crippen LogP contribution < -0.4 is 5.32 Å². The Balaban J connectivity index is 2.18. The van der Waals surface area contributed by atoms with Gasteiger partial charge in [0, 0.05) is 24.6 Å². The summed E-state index contributed by atoms with van der Waals surface area (Å²) < 4.78 is 0. The summed E-state index contributed by atoms with van der Waals surface area (Å²) in [5.41, 5.74) is 0. The van der Waals surface area contributed by atoms with Gasteiger partial charge in [0.25, 0.3) is 0 Å². The Morgan fingerprint density at radius 1 is 1.69 bits per heavy atom. The number of thioether (sulfide) groups is 1. The number of hydrogen-bond donors (Lipinski definition) is 1. The van der Waals surface area contributed by atoms with Crippen molar-refractivity contribution in [1.29, 1.82) is 0 Å². The minimum Gasteiger partial charge on any atom is -0.355 e. The largest absolute Gasteiger partial charge is 0.355 e. The maximum Gasteiger partial charge on any atom is 0.223 e. The second kappa shape index (κ2) is 5.93. The fourth-order valence-electron chi connectivity index (χ4n) is 1.35. The maximum absolute atomic E-state index is 11.5. The monoisotopic (exact) mass is 197 g/mol. The van der Waals surface area contributed by atoms with Gasteiger partial charge >= 0.3 is 0 Å². The lowest BCUT2D eigenvalue weighted by atomic mass is 10.0. The zero-order valence-corrected chi connectivity index (χ0v) is 8.53. The fraction of sp³-hybridized carbons (Fsp3) is 0.700. The summed E-state index contributed by atoms with van der Waals surface area (Å²) in [6, 6.07) is 0. The average molecular weight is 197 g/mol. The molecule has 1 amide bonds. The highest BCUT2D eigenvalue weighted by Gasteiger charge is 2.20. The van der Waals surface area contributed by atoms with Crippen LogP contribution >= 0.6 is 11.8 Å². The van der Waals surface area contributed by atoms with Crippen LogP contribution in [0.3, 0.4) is 0 Å². The Morgan fingerprint density at radius 2 is 2.54 bits per heavy atom. The van der Waals surface area contributed by atoms with E-state index in [2.05, 4.69) is 11.2 Å². The van der Waals surface area contributed by atoms with Crippen LogP contribution in [0, 0.1) is 18.3 Å². The van der Waals surface area contributed by atoms with Crippen molar-refractivity contribution >= 4 is 17.7 Å². The molecule has 1 heterocycles. The number of carbonyl (C=O) groups is 1. The highest BCUT2D eigenvalue weighted by atomic mass is 32.2. The molecule has 13 heavy (non-hydrogen) atoms. The summed E-state index contributed by atoms with van der Waals surface area (Å²) in [6.07, 6.45) is 7.92. The molecule has 0 aromatic rings. The number of amides is 1. The molecule has 3 heteroatoms. The van der Waals surface area contributed by atoms with Crippen LogP contribution in [0.5, 0.6) is 0 Å². The average Bonchev–Trinajstić information content (AvgIpc) is 2.19. The van der Waals surface area contributed by atoms with Crippen LogP contribution in [0.4, 0.5) is 0 Å². The molecule has 1 aliphatic rings. The van der Waals surface area contributed by atoms with Gasteiger partial charge < -0.3 is 5.32 Å². The Hall–Kier alpha value is -0.620. The van der Waals surface area contributed by atoms with Gasteiger partial charge in [0.2, 0.25) is 5.91 Å². The summed E-state index contributed by atoms with van der Waals surface area (Å²) in [4.78, 5) is 11.5. The van der Waals surface area contributed by atoms with Crippen LogP contribution in [0.1, 0.15) is 19.3 Å². The van der Waals surface area contributed by atoms with E-state index < -0.39 is 0 Å². The molecular weight excluding hydrogens is 182 g/mol. The first kappa shape index (κ1) is 10.5. The summed E-state index contributed by atoms with van der Waals surface area (Å²) in [5, 5.41) is 2.86. The lowest BCUT2D eigenvalue weighted by molar-refractivity contribution is -0.124. The van der Waals surface area contributed by atoms with Crippen molar-refractivity contribution in [2.24, 2.45) is 5.92 Å². The molecule has 2 nitrogen and oxygen atoms in total. The molecule has 1 fully saturated rings. The van der Waals surface area contributed by atoms with Crippen molar-refractivity contribution in [3.63, 3.8) is 0 Å². The molecule has 0 aliphatic carbocycles. The van der Waals surface area contributed by atoms with Crippen molar-refractivity contribution in [3.8, 4) is 12.3 Å². The standard InChI is InChI=1S/C10H15NOS/c1-2-3-6-11-10(12)9-5-4-7-13-8-9/h1,9H,3-8H2,(H,11,12). The van der Waals surface area contributed by atoms with E-state index in [1.54, 1.807) is 0 Å². The third kappa shape index (κ3) is 3.73. The van der Waals surface area contributed by atoms with E-state index in [0.29, 0.717) is 13.0 Å². The summed E-state index contributed by atoms with van der Waals surface area (Å²) in [5.74, 6) is 5.08. The number of nitrogens with one attached hydrogen (secondary N) is 1. The number of hydrogen-bond acceptors (Lipinski definition) is 2. The van der Waals surface area contributed by atoms with E-state index in [-0.39, 0.29) is 11.8 Å². The van der Waals surface area contributed by atoms with Crippen molar-refractivity contribution in [2.75, 3.05) is 18.1 Å². The lowest BCUT2D eigenvalue weighted by Crippen LogP contribution is -2.34. The smallest absolute Gasteiger partial charge is 0.223 e. The van der Waals surface area contributed by atoms with E-state index in [0.717, 1.165) is 18.6 Å². The minimum atomic E-state index is 0.183. The van der Waals surface area contributed by atoms with E-state index >= 15 is 0 Å². The predicted octanol–water partition coefficient (Wildman–Crippen LogP) is 1.27. The zero-order chi connectivity index (χ0) is 9.52. The van der Waals surface area contributed by atoms with Gasteiger partial charge in [-0.2, -0.15) is 11.8 Å². The SMILES string of the molecule is C#CCCNC(=O)C1CCCSC1. The molecule has 1 N–H and O–H groups in total. The first-order valence-electron chi connectivity index (χ1n) is 4.63. The van der Waals surface area contributed by atoms with Crippen LogP contribution in [-0.4, -0.2) is 24.0 Å². The van der Waals surface area contributed by atoms with Gasteiger partial charge in [-0.3, -0.25) is 4.79 Å². The van der Waals surface area contributed by atoms with E-state index in [4.69, 9.17) is 6.42 Å². The first-order chi connectivity index (χ1) is 6.34.